The smallest absolute Gasteiger partial charge is 0.209 e. The summed E-state index contributed by atoms with van der Waals surface area (Å²) in [4.78, 5) is 2.37. The fourth-order valence-corrected chi connectivity index (χ4v) is 7.92. The Labute approximate surface area is 277 Å². The Morgan fingerprint density at radius 3 is 2.24 bits per heavy atom. The number of anilines is 1. The zero-order valence-electron chi connectivity index (χ0n) is 29.2. The molecule has 6 rings (SSSR count). The van der Waals surface area contributed by atoms with Crippen molar-refractivity contribution >= 4 is 22.7 Å². The summed E-state index contributed by atoms with van der Waals surface area (Å²) in [5.74, 6) is 1.49. The van der Waals surface area contributed by atoms with Gasteiger partial charge < -0.3 is 9.64 Å². The monoisotopic (exact) mass is 611 g/mol. The third-order valence-corrected chi connectivity index (χ3v) is 10.5. The summed E-state index contributed by atoms with van der Waals surface area (Å²) in [6.07, 6.45) is 13.9. The molecule has 0 amide bonds. The number of allylic oxidation sites excluding steroid dienone is 8. The van der Waals surface area contributed by atoms with E-state index in [2.05, 4.69) is 162 Å². The quantitative estimate of drug-likeness (QED) is 0.186. The summed E-state index contributed by atoms with van der Waals surface area (Å²) < 4.78 is 8.42. The van der Waals surface area contributed by atoms with Gasteiger partial charge in [0.15, 0.2) is 5.71 Å². The van der Waals surface area contributed by atoms with Gasteiger partial charge in [-0.15, -0.1) is 0 Å². The Hall–Kier alpha value is -4.11. The maximum absolute atomic E-state index is 6.05. The topological polar surface area (TPSA) is 15.5 Å². The van der Waals surface area contributed by atoms with E-state index in [-0.39, 0.29) is 10.8 Å². The van der Waals surface area contributed by atoms with E-state index in [0.717, 1.165) is 38.0 Å². The molecule has 1 atom stereocenters. The number of para-hydroxylation sites is 2. The van der Waals surface area contributed by atoms with Crippen LogP contribution in [0.2, 0.25) is 0 Å². The Morgan fingerprint density at radius 1 is 0.848 bits per heavy atom. The van der Waals surface area contributed by atoms with Gasteiger partial charge in [0.2, 0.25) is 5.69 Å². The van der Waals surface area contributed by atoms with E-state index in [4.69, 9.17) is 4.74 Å². The number of hydrogen-bond acceptors (Lipinski definition) is 2. The second-order valence-electron chi connectivity index (χ2n) is 14.5. The molecule has 2 aliphatic heterocycles. The Balaban J connectivity index is 1.45. The van der Waals surface area contributed by atoms with Crippen LogP contribution >= 0.6 is 0 Å². The van der Waals surface area contributed by atoms with Gasteiger partial charge in [0.1, 0.15) is 12.8 Å². The van der Waals surface area contributed by atoms with Crippen LogP contribution in [-0.4, -0.2) is 31.0 Å². The summed E-state index contributed by atoms with van der Waals surface area (Å²) in [5.41, 5.74) is 13.3. The van der Waals surface area contributed by atoms with E-state index in [1.165, 1.54) is 56.2 Å². The first-order valence-corrected chi connectivity index (χ1v) is 17.1. The molecule has 1 unspecified atom stereocenters. The highest BCUT2D eigenvalue weighted by Gasteiger charge is 2.42. The molecule has 0 spiro atoms. The normalized spacial score (nSPS) is 21.9. The van der Waals surface area contributed by atoms with Crippen molar-refractivity contribution in [1.29, 1.82) is 0 Å². The molecule has 0 fully saturated rings. The molecule has 0 radical (unpaired) electrons. The molecular formula is C43H51N2O+. The predicted octanol–water partition coefficient (Wildman–Crippen LogP) is 10.5. The molecule has 2 heterocycles. The summed E-state index contributed by atoms with van der Waals surface area (Å²) in [6.45, 7) is 14.7. The highest BCUT2D eigenvalue weighted by molar-refractivity contribution is 6.03. The lowest BCUT2D eigenvalue weighted by atomic mass is 9.77. The molecule has 3 nitrogen and oxygen atoms in total. The third kappa shape index (κ3) is 5.70. The van der Waals surface area contributed by atoms with Gasteiger partial charge in [-0.1, -0.05) is 94.8 Å². The SMILES string of the molecule is CCCCOc1ccc(C2=C(/C=C/C3=[N+](C)c4ccccc4C3(C)C)CC(C)C/C2=C\C=C2/N(C)c3ccccc3C2(C)C)cc1. The van der Waals surface area contributed by atoms with Crippen molar-refractivity contribution in [3.05, 3.63) is 131 Å². The van der Waals surface area contributed by atoms with Crippen LogP contribution in [0, 0.1) is 5.92 Å². The first kappa shape index (κ1) is 31.9. The summed E-state index contributed by atoms with van der Waals surface area (Å²) in [7, 11) is 4.41. The van der Waals surface area contributed by atoms with Crippen molar-refractivity contribution in [3.63, 3.8) is 0 Å². The average molecular weight is 612 g/mol. The lowest BCUT2D eigenvalue weighted by Crippen LogP contribution is -2.26. The van der Waals surface area contributed by atoms with E-state index < -0.39 is 0 Å². The molecule has 238 valence electrons. The van der Waals surface area contributed by atoms with Gasteiger partial charge in [0.05, 0.1) is 12.0 Å². The van der Waals surface area contributed by atoms with Crippen LogP contribution in [0.1, 0.15) is 83.9 Å². The minimum absolute atomic E-state index is 0.0585. The van der Waals surface area contributed by atoms with E-state index >= 15 is 0 Å². The van der Waals surface area contributed by atoms with E-state index in [9.17, 15) is 0 Å². The number of fused-ring (bicyclic) bond motifs is 2. The van der Waals surface area contributed by atoms with Crippen LogP contribution in [0.4, 0.5) is 11.4 Å². The Kier molecular flexibility index (Phi) is 8.72. The van der Waals surface area contributed by atoms with Gasteiger partial charge in [0.25, 0.3) is 0 Å². The molecule has 3 aliphatic rings. The molecule has 3 heteroatoms. The van der Waals surface area contributed by atoms with Crippen molar-refractivity contribution in [1.82, 2.24) is 0 Å². The molecular weight excluding hydrogens is 560 g/mol. The standard InChI is InChI=1S/C43H51N2O/c1-9-10-27-46-34-23-19-31(20-24-34)41-32(21-25-39-42(3,4)35-15-11-13-17-37(35)44(39)7)28-30(2)29-33(41)22-26-40-43(5,6)36-16-12-14-18-38(36)45(40)8/h11-26,30H,9-10,27-29H2,1-8H3/q+1. The minimum Gasteiger partial charge on any atom is -0.494 e. The van der Waals surface area contributed by atoms with Crippen molar-refractivity contribution in [2.24, 2.45) is 5.92 Å². The molecule has 3 aromatic carbocycles. The van der Waals surface area contributed by atoms with Crippen LogP contribution < -0.4 is 9.64 Å². The first-order chi connectivity index (χ1) is 22.0. The average Bonchev–Trinajstić information content (AvgIpc) is 3.36. The Bertz CT molecular complexity index is 1780. The molecule has 0 aromatic heterocycles. The largest absolute Gasteiger partial charge is 0.494 e. The maximum Gasteiger partial charge on any atom is 0.209 e. The molecule has 1 aliphatic carbocycles. The van der Waals surface area contributed by atoms with Crippen LogP contribution in [0.3, 0.4) is 0 Å². The first-order valence-electron chi connectivity index (χ1n) is 17.1. The van der Waals surface area contributed by atoms with Gasteiger partial charge in [-0.25, -0.2) is 0 Å². The van der Waals surface area contributed by atoms with Crippen molar-refractivity contribution in [3.8, 4) is 5.75 Å². The number of nitrogens with zero attached hydrogens (tertiary/aromatic N) is 2. The minimum atomic E-state index is -0.0585. The second kappa shape index (κ2) is 12.6. The Morgan fingerprint density at radius 2 is 1.54 bits per heavy atom. The highest BCUT2D eigenvalue weighted by Crippen LogP contribution is 2.47. The van der Waals surface area contributed by atoms with Crippen molar-refractivity contribution < 1.29 is 9.31 Å². The molecule has 0 bridgehead atoms. The predicted molar refractivity (Wildman–Crippen MR) is 196 cm³/mol. The highest BCUT2D eigenvalue weighted by atomic mass is 16.5. The van der Waals surface area contributed by atoms with E-state index in [1.807, 2.05) is 0 Å². The van der Waals surface area contributed by atoms with Crippen LogP contribution in [0.15, 0.2) is 114 Å². The number of likely N-dealkylation sites (N-methyl/N-ethyl adjacent to an activating group) is 1. The number of unbranched alkanes of at least 4 members (excludes halogenated alkanes) is 1. The maximum atomic E-state index is 6.05. The van der Waals surface area contributed by atoms with Gasteiger partial charge in [0, 0.05) is 41.6 Å². The van der Waals surface area contributed by atoms with Gasteiger partial charge in [-0.05, 0) is 91.1 Å². The molecule has 0 N–H and O–H groups in total. The van der Waals surface area contributed by atoms with Crippen LogP contribution in [0.5, 0.6) is 5.75 Å². The van der Waals surface area contributed by atoms with Crippen molar-refractivity contribution in [2.45, 2.75) is 78.1 Å². The molecule has 0 saturated carbocycles. The zero-order chi connectivity index (χ0) is 32.6. The zero-order valence-corrected chi connectivity index (χ0v) is 29.2. The fraction of sp³-hybridized carbons (Fsp3) is 0.372. The molecule has 46 heavy (non-hydrogen) atoms. The summed E-state index contributed by atoms with van der Waals surface area (Å²) in [5, 5.41) is 0. The van der Waals surface area contributed by atoms with Crippen molar-refractivity contribution in [2.75, 3.05) is 25.6 Å². The van der Waals surface area contributed by atoms with Crippen LogP contribution in [-0.2, 0) is 10.8 Å². The summed E-state index contributed by atoms with van der Waals surface area (Å²) in [6, 6.07) is 26.5. The second-order valence-corrected chi connectivity index (χ2v) is 14.5. The number of benzene rings is 3. The van der Waals surface area contributed by atoms with E-state index in [1.54, 1.807) is 0 Å². The van der Waals surface area contributed by atoms with Gasteiger partial charge >= 0.3 is 0 Å². The number of ether oxygens (including phenoxy) is 1. The lowest BCUT2D eigenvalue weighted by molar-refractivity contribution is -0.401. The number of hydrogen-bond donors (Lipinski definition) is 0. The summed E-state index contributed by atoms with van der Waals surface area (Å²) >= 11 is 0. The van der Waals surface area contributed by atoms with Gasteiger partial charge in [-0.2, -0.15) is 4.58 Å². The van der Waals surface area contributed by atoms with E-state index in [0.29, 0.717) is 5.92 Å². The fourth-order valence-electron chi connectivity index (χ4n) is 7.92. The van der Waals surface area contributed by atoms with Crippen LogP contribution in [0.25, 0.3) is 5.57 Å². The third-order valence-electron chi connectivity index (χ3n) is 10.5. The number of rotatable bonds is 8. The molecule has 0 saturated heterocycles. The van der Waals surface area contributed by atoms with Gasteiger partial charge in [-0.3, -0.25) is 0 Å². The lowest BCUT2D eigenvalue weighted by Gasteiger charge is -2.28. The molecule has 3 aromatic rings.